The maximum absolute atomic E-state index is 12.9. The van der Waals surface area contributed by atoms with Gasteiger partial charge in [-0.3, -0.25) is 9.89 Å². The van der Waals surface area contributed by atoms with Gasteiger partial charge in [-0.05, 0) is 25.1 Å². The van der Waals surface area contributed by atoms with E-state index in [1.807, 2.05) is 29.2 Å². The van der Waals surface area contributed by atoms with E-state index in [0.29, 0.717) is 5.69 Å². The third-order valence-corrected chi connectivity index (χ3v) is 4.40. The first kappa shape index (κ1) is 15.7. The fourth-order valence-electron chi connectivity index (χ4n) is 3.14. The van der Waals surface area contributed by atoms with Gasteiger partial charge in [-0.2, -0.15) is 5.10 Å². The van der Waals surface area contributed by atoms with Gasteiger partial charge in [0.15, 0.2) is 0 Å². The number of H-pyrrole nitrogens is 1. The number of piperazine rings is 1. The number of nitrogens with one attached hydrogen (secondary N) is 1. The average molecular weight is 312 g/mol. The normalized spacial score (nSPS) is 19.0. The molecular weight excluding hydrogens is 288 g/mol. The van der Waals surface area contributed by atoms with E-state index in [-0.39, 0.29) is 11.9 Å². The SMILES string of the molecule is CCCc1cc(C(=O)N2CCN(C)C[C@H]2c2ccccc2)n[nH]1. The molecule has 1 aliphatic heterocycles. The molecule has 1 N–H and O–H groups in total. The number of carbonyl (C=O) groups is 1. The van der Waals surface area contributed by atoms with E-state index in [0.717, 1.165) is 38.2 Å². The van der Waals surface area contributed by atoms with Crippen LogP contribution < -0.4 is 0 Å². The molecule has 1 aliphatic rings. The molecule has 5 nitrogen and oxygen atoms in total. The summed E-state index contributed by atoms with van der Waals surface area (Å²) in [4.78, 5) is 17.2. The number of aromatic amines is 1. The average Bonchev–Trinajstić information content (AvgIpc) is 3.04. The van der Waals surface area contributed by atoms with Gasteiger partial charge < -0.3 is 9.80 Å². The lowest BCUT2D eigenvalue weighted by Crippen LogP contribution is -2.49. The number of benzene rings is 1. The van der Waals surface area contributed by atoms with Crippen molar-refractivity contribution in [3.05, 3.63) is 53.3 Å². The molecule has 5 heteroatoms. The maximum atomic E-state index is 12.9. The molecule has 1 fully saturated rings. The highest BCUT2D eigenvalue weighted by atomic mass is 16.2. The van der Waals surface area contributed by atoms with Crippen LogP contribution in [0, 0.1) is 0 Å². The van der Waals surface area contributed by atoms with E-state index in [1.165, 1.54) is 5.56 Å². The predicted octanol–water partition coefficient (Wildman–Crippen LogP) is 2.49. The summed E-state index contributed by atoms with van der Waals surface area (Å²) in [6.07, 6.45) is 1.96. The standard InChI is InChI=1S/C18H24N4O/c1-3-7-15-12-16(20-19-15)18(23)22-11-10-21(2)13-17(22)14-8-5-4-6-9-14/h4-6,8-9,12,17H,3,7,10-11,13H2,1-2H3,(H,19,20)/t17-/m0/s1. The van der Waals surface area contributed by atoms with Gasteiger partial charge >= 0.3 is 0 Å². The fraction of sp³-hybridized carbons (Fsp3) is 0.444. The number of nitrogens with zero attached hydrogens (tertiary/aromatic N) is 3. The fourth-order valence-corrected chi connectivity index (χ4v) is 3.14. The van der Waals surface area contributed by atoms with Gasteiger partial charge in [0.1, 0.15) is 5.69 Å². The molecule has 0 bridgehead atoms. The minimum atomic E-state index is 0.0190. The van der Waals surface area contributed by atoms with Gasteiger partial charge in [-0.25, -0.2) is 0 Å². The largest absolute Gasteiger partial charge is 0.328 e. The topological polar surface area (TPSA) is 52.2 Å². The van der Waals surface area contributed by atoms with Crippen LogP contribution >= 0.6 is 0 Å². The number of hydrogen-bond acceptors (Lipinski definition) is 3. The van der Waals surface area contributed by atoms with Crippen LogP contribution in [0.15, 0.2) is 36.4 Å². The van der Waals surface area contributed by atoms with E-state index >= 15 is 0 Å². The van der Waals surface area contributed by atoms with Crippen molar-refractivity contribution in [2.24, 2.45) is 0 Å². The Kier molecular flexibility index (Phi) is 4.76. The van der Waals surface area contributed by atoms with Crippen LogP contribution in [0.3, 0.4) is 0 Å². The summed E-state index contributed by atoms with van der Waals surface area (Å²) < 4.78 is 0. The lowest BCUT2D eigenvalue weighted by molar-refractivity contribution is 0.0492. The number of amides is 1. The Labute approximate surface area is 137 Å². The quantitative estimate of drug-likeness (QED) is 0.943. The molecule has 0 radical (unpaired) electrons. The maximum Gasteiger partial charge on any atom is 0.274 e. The number of carbonyl (C=O) groups excluding carboxylic acids is 1. The molecule has 0 aliphatic carbocycles. The van der Waals surface area contributed by atoms with Crippen LogP contribution in [-0.2, 0) is 6.42 Å². The zero-order valence-electron chi connectivity index (χ0n) is 13.8. The van der Waals surface area contributed by atoms with Crippen molar-refractivity contribution in [2.45, 2.75) is 25.8 Å². The van der Waals surface area contributed by atoms with Crippen molar-refractivity contribution in [1.29, 1.82) is 0 Å². The Bertz CT molecular complexity index is 652. The Hall–Kier alpha value is -2.14. The summed E-state index contributed by atoms with van der Waals surface area (Å²) in [5, 5.41) is 7.21. The zero-order chi connectivity index (χ0) is 16.2. The summed E-state index contributed by atoms with van der Waals surface area (Å²) in [6.45, 7) is 4.59. The summed E-state index contributed by atoms with van der Waals surface area (Å²) in [5.74, 6) is 0.0190. The second kappa shape index (κ2) is 6.96. The lowest BCUT2D eigenvalue weighted by Gasteiger charge is -2.40. The van der Waals surface area contributed by atoms with Crippen molar-refractivity contribution in [3.8, 4) is 0 Å². The van der Waals surface area contributed by atoms with Crippen LogP contribution in [0.1, 0.15) is 41.1 Å². The molecule has 2 aromatic rings. The molecule has 1 aromatic heterocycles. The Morgan fingerprint density at radius 3 is 2.83 bits per heavy atom. The van der Waals surface area contributed by atoms with Crippen molar-refractivity contribution in [1.82, 2.24) is 20.0 Å². The lowest BCUT2D eigenvalue weighted by atomic mass is 10.0. The first-order valence-corrected chi connectivity index (χ1v) is 8.27. The van der Waals surface area contributed by atoms with E-state index in [2.05, 4.69) is 41.2 Å². The molecule has 1 amide bonds. The Morgan fingerprint density at radius 2 is 2.09 bits per heavy atom. The predicted molar refractivity (Wildman–Crippen MR) is 90.3 cm³/mol. The summed E-state index contributed by atoms with van der Waals surface area (Å²) in [6, 6.07) is 12.2. The molecule has 0 spiro atoms. The van der Waals surface area contributed by atoms with Gasteiger partial charge in [-0.1, -0.05) is 43.7 Å². The zero-order valence-corrected chi connectivity index (χ0v) is 13.8. The van der Waals surface area contributed by atoms with Gasteiger partial charge in [0, 0.05) is 25.3 Å². The second-order valence-electron chi connectivity index (χ2n) is 6.22. The van der Waals surface area contributed by atoms with Crippen molar-refractivity contribution < 1.29 is 4.79 Å². The van der Waals surface area contributed by atoms with Crippen molar-refractivity contribution >= 4 is 5.91 Å². The number of aryl methyl sites for hydroxylation is 1. The number of aromatic nitrogens is 2. The van der Waals surface area contributed by atoms with Crippen LogP contribution in [0.5, 0.6) is 0 Å². The minimum absolute atomic E-state index is 0.0190. The molecule has 0 unspecified atom stereocenters. The molecule has 1 atom stereocenters. The molecule has 1 aromatic carbocycles. The monoisotopic (exact) mass is 312 g/mol. The van der Waals surface area contributed by atoms with Gasteiger partial charge in [0.05, 0.1) is 6.04 Å². The van der Waals surface area contributed by atoms with Crippen LogP contribution in [-0.4, -0.2) is 52.6 Å². The third-order valence-electron chi connectivity index (χ3n) is 4.40. The smallest absolute Gasteiger partial charge is 0.274 e. The van der Waals surface area contributed by atoms with E-state index in [9.17, 15) is 4.79 Å². The summed E-state index contributed by atoms with van der Waals surface area (Å²) >= 11 is 0. The molecule has 2 heterocycles. The molecule has 0 saturated carbocycles. The molecule has 23 heavy (non-hydrogen) atoms. The highest BCUT2D eigenvalue weighted by molar-refractivity contribution is 5.92. The van der Waals surface area contributed by atoms with Crippen molar-refractivity contribution in [3.63, 3.8) is 0 Å². The highest BCUT2D eigenvalue weighted by Crippen LogP contribution is 2.26. The van der Waals surface area contributed by atoms with E-state index < -0.39 is 0 Å². The van der Waals surface area contributed by atoms with Crippen molar-refractivity contribution in [2.75, 3.05) is 26.7 Å². The van der Waals surface area contributed by atoms with Gasteiger partial charge in [0.2, 0.25) is 0 Å². The van der Waals surface area contributed by atoms with Gasteiger partial charge in [0.25, 0.3) is 5.91 Å². The first-order chi connectivity index (χ1) is 11.2. The Balaban J connectivity index is 1.84. The molecule has 122 valence electrons. The van der Waals surface area contributed by atoms with Crippen LogP contribution in [0.2, 0.25) is 0 Å². The second-order valence-corrected chi connectivity index (χ2v) is 6.22. The number of likely N-dealkylation sites (N-methyl/N-ethyl adjacent to an activating group) is 1. The Morgan fingerprint density at radius 1 is 1.30 bits per heavy atom. The minimum Gasteiger partial charge on any atom is -0.328 e. The first-order valence-electron chi connectivity index (χ1n) is 8.27. The van der Waals surface area contributed by atoms with Crippen LogP contribution in [0.4, 0.5) is 0 Å². The number of hydrogen-bond donors (Lipinski definition) is 1. The summed E-state index contributed by atoms with van der Waals surface area (Å²) in [5.41, 5.74) is 2.73. The van der Waals surface area contributed by atoms with Gasteiger partial charge in [-0.15, -0.1) is 0 Å². The highest BCUT2D eigenvalue weighted by Gasteiger charge is 2.31. The summed E-state index contributed by atoms with van der Waals surface area (Å²) in [7, 11) is 2.10. The molecule has 3 rings (SSSR count). The molecule has 1 saturated heterocycles. The third kappa shape index (κ3) is 3.45. The van der Waals surface area contributed by atoms with E-state index in [1.54, 1.807) is 0 Å². The number of rotatable bonds is 4. The molecular formula is C18H24N4O. The van der Waals surface area contributed by atoms with E-state index in [4.69, 9.17) is 0 Å². The van der Waals surface area contributed by atoms with Crippen LogP contribution in [0.25, 0.3) is 0 Å².